The molecule has 0 spiro atoms. The summed E-state index contributed by atoms with van der Waals surface area (Å²) in [7, 11) is -4.05. The van der Waals surface area contributed by atoms with Crippen molar-refractivity contribution < 1.29 is 48.7 Å². The van der Waals surface area contributed by atoms with E-state index in [4.69, 9.17) is 4.55 Å². The molecule has 146 valence electrons. The normalized spacial score (nSPS) is 12.4. The van der Waals surface area contributed by atoms with E-state index in [2.05, 4.69) is 12.2 Å². The first-order valence-electron chi connectivity index (χ1n) is 9.57. The summed E-state index contributed by atoms with van der Waals surface area (Å²) >= 11 is 0. The molecule has 0 aromatic rings. The van der Waals surface area contributed by atoms with Crippen molar-refractivity contribution in [2.75, 3.05) is 5.75 Å². The Balaban J connectivity index is -0.00000264. The van der Waals surface area contributed by atoms with Gasteiger partial charge in [-0.1, -0.05) is 84.0 Å². The van der Waals surface area contributed by atoms with Crippen LogP contribution in [-0.2, 0) is 14.9 Å². The van der Waals surface area contributed by atoms with Crippen molar-refractivity contribution in [3.8, 4) is 0 Å². The number of unbranched alkanes of at least 4 members (excludes halogenated alkanes) is 11. The zero-order chi connectivity index (χ0) is 18.3. The third-order valence-corrected chi connectivity index (χ3v) is 5.05. The van der Waals surface area contributed by atoms with Gasteiger partial charge in [-0.25, -0.2) is 0 Å². The molecule has 2 N–H and O–H groups in total. The van der Waals surface area contributed by atoms with Crippen LogP contribution in [0.25, 0.3) is 0 Å². The second kappa shape index (κ2) is 17.8. The second-order valence-electron chi connectivity index (χ2n) is 6.82. The summed E-state index contributed by atoms with van der Waals surface area (Å²) in [6.45, 7) is 3.60. The zero-order valence-corrected chi connectivity index (χ0v) is 19.4. The monoisotopic (exact) mass is 387 g/mol. The van der Waals surface area contributed by atoms with Crippen LogP contribution >= 0.6 is 0 Å². The van der Waals surface area contributed by atoms with Crippen LogP contribution in [0, 0.1) is 0 Å². The molecule has 25 heavy (non-hydrogen) atoms. The standard InChI is InChI=1S/C18H37NO4S.Na.H/c1-3-4-5-6-7-8-9-10-11-12-13-14-15-18(19-17(2)20)16-24(21,22)23;;/h18H,3-16H2,1-2H3,(H,19,20)(H,21,22,23);;/q;+1;-1. The average molecular weight is 388 g/mol. The van der Waals surface area contributed by atoms with Gasteiger partial charge in [-0.2, -0.15) is 8.42 Å². The Kier molecular flexibility index (Phi) is 19.6. The first kappa shape index (κ1) is 27.6. The Hall–Kier alpha value is 0.380. The molecule has 1 atom stereocenters. The quantitative estimate of drug-likeness (QED) is 0.239. The number of hydrogen-bond donors (Lipinski definition) is 2. The summed E-state index contributed by atoms with van der Waals surface area (Å²) in [6.07, 6.45) is 15.5. The fraction of sp³-hybridized carbons (Fsp3) is 0.944. The molecule has 0 saturated heterocycles. The van der Waals surface area contributed by atoms with E-state index in [-0.39, 0.29) is 36.9 Å². The van der Waals surface area contributed by atoms with E-state index in [0.29, 0.717) is 6.42 Å². The molecule has 0 aromatic carbocycles. The summed E-state index contributed by atoms with van der Waals surface area (Å²) in [5.41, 5.74) is 0. The fourth-order valence-corrected chi connectivity index (χ4v) is 3.73. The van der Waals surface area contributed by atoms with E-state index < -0.39 is 21.9 Å². The van der Waals surface area contributed by atoms with Crippen LogP contribution in [-0.4, -0.2) is 30.7 Å². The topological polar surface area (TPSA) is 83.5 Å². The predicted molar refractivity (Wildman–Crippen MR) is 101 cm³/mol. The Bertz CT molecular complexity index is 421. The molecule has 0 bridgehead atoms. The summed E-state index contributed by atoms with van der Waals surface area (Å²) in [4.78, 5) is 11.1. The molecule has 0 fully saturated rings. The maximum absolute atomic E-state index is 11.1. The van der Waals surface area contributed by atoms with Gasteiger partial charge in [0.25, 0.3) is 10.1 Å². The predicted octanol–water partition coefficient (Wildman–Crippen LogP) is 1.59. The molecule has 0 aliphatic heterocycles. The number of carbonyl (C=O) groups is 1. The van der Waals surface area contributed by atoms with Gasteiger partial charge in [-0.15, -0.1) is 0 Å². The summed E-state index contributed by atoms with van der Waals surface area (Å²) < 4.78 is 30.8. The van der Waals surface area contributed by atoms with Crippen molar-refractivity contribution >= 4 is 16.0 Å². The molecule has 1 unspecified atom stereocenters. The van der Waals surface area contributed by atoms with Gasteiger partial charge in [-0.3, -0.25) is 9.35 Å². The van der Waals surface area contributed by atoms with Gasteiger partial charge in [0, 0.05) is 13.0 Å². The Labute approximate surface area is 178 Å². The molecule has 5 nitrogen and oxygen atoms in total. The van der Waals surface area contributed by atoms with Gasteiger partial charge in [0.2, 0.25) is 5.91 Å². The number of rotatable bonds is 16. The zero-order valence-electron chi connectivity index (χ0n) is 17.6. The van der Waals surface area contributed by atoms with Crippen LogP contribution in [0.3, 0.4) is 0 Å². The van der Waals surface area contributed by atoms with Crippen LogP contribution in [0.15, 0.2) is 0 Å². The molecule has 7 heteroatoms. The van der Waals surface area contributed by atoms with Gasteiger partial charge in [0.1, 0.15) is 0 Å². The third-order valence-electron chi connectivity index (χ3n) is 4.23. The molecule has 0 rings (SSSR count). The van der Waals surface area contributed by atoms with Gasteiger partial charge in [0.05, 0.1) is 5.75 Å². The average Bonchev–Trinajstić information content (AvgIpc) is 2.46. The molecule has 0 radical (unpaired) electrons. The van der Waals surface area contributed by atoms with Gasteiger partial charge in [0.15, 0.2) is 0 Å². The largest absolute Gasteiger partial charge is 1.00 e. The molecule has 1 amide bonds. The summed E-state index contributed by atoms with van der Waals surface area (Å²) in [5, 5.41) is 2.60. The number of nitrogens with one attached hydrogen (secondary N) is 1. The summed E-state index contributed by atoms with van der Waals surface area (Å²) in [5.74, 6) is -0.660. The minimum Gasteiger partial charge on any atom is -1.00 e. The van der Waals surface area contributed by atoms with E-state index in [1.807, 2.05) is 0 Å². The minimum atomic E-state index is -4.05. The van der Waals surface area contributed by atoms with Crippen molar-refractivity contribution in [2.24, 2.45) is 0 Å². The SMILES string of the molecule is CCCCCCCCCCCCCCC(CS(=O)(=O)O)NC(C)=O.[H-].[Na+]. The first-order valence-corrected chi connectivity index (χ1v) is 11.2. The van der Waals surface area contributed by atoms with E-state index >= 15 is 0 Å². The molecular weight excluding hydrogens is 349 g/mol. The smallest absolute Gasteiger partial charge is 1.00 e. The molecular formula is C18H38NNaO4S. The number of amides is 1. The number of hydrogen-bond acceptors (Lipinski definition) is 3. The third kappa shape index (κ3) is 22.3. The first-order chi connectivity index (χ1) is 11.3. The van der Waals surface area contributed by atoms with Crippen LogP contribution in [0.4, 0.5) is 0 Å². The van der Waals surface area contributed by atoms with Crippen LogP contribution in [0.5, 0.6) is 0 Å². The van der Waals surface area contributed by atoms with Crippen molar-refractivity contribution in [1.82, 2.24) is 5.32 Å². The van der Waals surface area contributed by atoms with Gasteiger partial charge in [-0.05, 0) is 6.42 Å². The molecule has 0 aliphatic carbocycles. The van der Waals surface area contributed by atoms with Crippen molar-refractivity contribution in [2.45, 2.75) is 103 Å². The maximum Gasteiger partial charge on any atom is 1.00 e. The van der Waals surface area contributed by atoms with Crippen LogP contribution in [0.1, 0.15) is 98.7 Å². The van der Waals surface area contributed by atoms with Gasteiger partial charge < -0.3 is 6.74 Å². The Morgan fingerprint density at radius 2 is 1.32 bits per heavy atom. The maximum atomic E-state index is 11.1. The van der Waals surface area contributed by atoms with E-state index in [1.54, 1.807) is 0 Å². The summed E-state index contributed by atoms with van der Waals surface area (Å²) in [6, 6.07) is -0.486. The van der Waals surface area contributed by atoms with Gasteiger partial charge >= 0.3 is 29.6 Å². The van der Waals surface area contributed by atoms with E-state index in [0.717, 1.165) is 19.3 Å². The number of carbonyl (C=O) groups excluding carboxylic acids is 1. The van der Waals surface area contributed by atoms with Crippen LogP contribution in [0.2, 0.25) is 0 Å². The fourth-order valence-electron chi connectivity index (χ4n) is 2.97. The molecule has 0 saturated carbocycles. The Morgan fingerprint density at radius 1 is 0.920 bits per heavy atom. The minimum absolute atomic E-state index is 0. The van der Waals surface area contributed by atoms with E-state index in [9.17, 15) is 13.2 Å². The molecule has 0 aromatic heterocycles. The van der Waals surface area contributed by atoms with Crippen molar-refractivity contribution in [3.05, 3.63) is 0 Å². The van der Waals surface area contributed by atoms with Crippen molar-refractivity contribution in [3.63, 3.8) is 0 Å². The second-order valence-corrected chi connectivity index (χ2v) is 8.32. The van der Waals surface area contributed by atoms with E-state index in [1.165, 1.54) is 64.7 Å². The van der Waals surface area contributed by atoms with Crippen LogP contribution < -0.4 is 34.9 Å². The van der Waals surface area contributed by atoms with Crippen molar-refractivity contribution in [1.29, 1.82) is 0 Å². The Morgan fingerprint density at radius 3 is 1.68 bits per heavy atom. The molecule has 0 heterocycles. The molecule has 0 aliphatic rings.